The summed E-state index contributed by atoms with van der Waals surface area (Å²) in [5, 5.41) is 9.41. The Balaban J connectivity index is 2.39. The quantitative estimate of drug-likeness (QED) is 0.236. The molecule has 1 aliphatic carbocycles. The highest BCUT2D eigenvalue weighted by Crippen LogP contribution is 2.26. The molecular weight excluding hydrogens is 367 g/mol. The van der Waals surface area contributed by atoms with Gasteiger partial charge in [-0.1, -0.05) is 31.6 Å². The minimum Gasteiger partial charge on any atom is -0.507 e. The maximum absolute atomic E-state index is 11.7. The summed E-state index contributed by atoms with van der Waals surface area (Å²) in [5.74, 6) is -0.465. The van der Waals surface area contributed by atoms with Crippen molar-refractivity contribution in [2.75, 3.05) is 0 Å². The van der Waals surface area contributed by atoms with Crippen LogP contribution in [0.1, 0.15) is 39.0 Å². The van der Waals surface area contributed by atoms with E-state index in [0.717, 1.165) is 12.8 Å². The first-order valence-electron chi connectivity index (χ1n) is 6.77. The summed E-state index contributed by atoms with van der Waals surface area (Å²) in [5.41, 5.74) is 5.53. The average molecular weight is 386 g/mol. The van der Waals surface area contributed by atoms with E-state index in [9.17, 15) is 9.90 Å². The molecule has 0 bridgehead atoms. The van der Waals surface area contributed by atoms with Crippen molar-refractivity contribution in [3.63, 3.8) is 0 Å². The van der Waals surface area contributed by atoms with E-state index in [2.05, 4.69) is 18.4 Å². The van der Waals surface area contributed by atoms with Gasteiger partial charge in [0.1, 0.15) is 12.0 Å². The molecule has 0 amide bonds. The van der Waals surface area contributed by atoms with Gasteiger partial charge in [0.2, 0.25) is 0 Å². The molecular formula is C16H19IO3. The van der Waals surface area contributed by atoms with Crippen LogP contribution in [0, 0.1) is 5.92 Å². The van der Waals surface area contributed by atoms with Gasteiger partial charge in [0.05, 0.1) is 9.50 Å². The van der Waals surface area contributed by atoms with Gasteiger partial charge < -0.3 is 9.84 Å². The molecule has 4 heteroatoms. The van der Waals surface area contributed by atoms with Gasteiger partial charge in [0, 0.05) is 0 Å². The van der Waals surface area contributed by atoms with Crippen molar-refractivity contribution in [3.8, 4) is 0 Å². The van der Waals surface area contributed by atoms with Crippen molar-refractivity contribution in [1.29, 1.82) is 0 Å². The number of esters is 1. The fourth-order valence-corrected chi connectivity index (χ4v) is 2.32. The summed E-state index contributed by atoms with van der Waals surface area (Å²) in [6, 6.07) is 0. The number of carbonyl (C=O) groups excluding carboxylic acids is 1. The Morgan fingerprint density at radius 3 is 3.05 bits per heavy atom. The second-order valence-electron chi connectivity index (χ2n) is 4.49. The number of hydrogen-bond donors (Lipinski definition) is 1. The van der Waals surface area contributed by atoms with Crippen LogP contribution in [-0.2, 0) is 9.53 Å². The van der Waals surface area contributed by atoms with Gasteiger partial charge in [-0.15, -0.1) is 0 Å². The lowest BCUT2D eigenvalue weighted by atomic mass is 10.0. The van der Waals surface area contributed by atoms with Gasteiger partial charge in [0.25, 0.3) is 0 Å². The maximum atomic E-state index is 11.7. The van der Waals surface area contributed by atoms with Crippen molar-refractivity contribution in [2.24, 2.45) is 5.92 Å². The fourth-order valence-electron chi connectivity index (χ4n) is 1.67. The fraction of sp³-hybridized carbons (Fsp3) is 0.438. The standard InChI is InChI=1S/C16H19IO3/c1-2-3-4-5-6-7-8-11-20-16(19)13-9-10-15(18)14(17)12-13/h6,10-13,18H,2-5,9H2,1H3/t13-/m0/s1. The number of aliphatic hydroxyl groups is 1. The summed E-state index contributed by atoms with van der Waals surface area (Å²) < 4.78 is 5.65. The molecule has 1 N–H and O–H groups in total. The molecule has 0 radical (unpaired) electrons. The van der Waals surface area contributed by atoms with E-state index < -0.39 is 0 Å². The molecule has 0 spiro atoms. The Morgan fingerprint density at radius 1 is 1.55 bits per heavy atom. The number of ether oxygens (including phenoxy) is 1. The molecule has 0 aromatic carbocycles. The highest BCUT2D eigenvalue weighted by molar-refractivity contribution is 14.1. The first-order chi connectivity index (χ1) is 9.65. The van der Waals surface area contributed by atoms with Crippen molar-refractivity contribution < 1.29 is 14.6 Å². The first-order valence-corrected chi connectivity index (χ1v) is 7.84. The van der Waals surface area contributed by atoms with Gasteiger partial charge in [-0.2, -0.15) is 0 Å². The van der Waals surface area contributed by atoms with E-state index in [-0.39, 0.29) is 17.6 Å². The van der Waals surface area contributed by atoms with Crippen LogP contribution in [0.15, 0.2) is 45.3 Å². The zero-order valence-corrected chi connectivity index (χ0v) is 13.7. The highest BCUT2D eigenvalue weighted by atomic mass is 127. The number of allylic oxidation sites excluding steroid dienone is 3. The second kappa shape index (κ2) is 9.65. The number of halogens is 1. The summed E-state index contributed by atoms with van der Waals surface area (Å²) >= 11 is 1.99. The molecule has 108 valence electrons. The van der Waals surface area contributed by atoms with E-state index in [1.807, 2.05) is 28.7 Å². The van der Waals surface area contributed by atoms with E-state index in [1.54, 1.807) is 12.2 Å². The third kappa shape index (κ3) is 6.29. The van der Waals surface area contributed by atoms with Crippen LogP contribution in [0.25, 0.3) is 0 Å². The Bertz CT molecular complexity index is 490. The number of hydrogen-bond acceptors (Lipinski definition) is 3. The number of carbonyl (C=O) groups is 1. The molecule has 1 rings (SSSR count). The monoisotopic (exact) mass is 386 g/mol. The molecule has 3 nitrogen and oxygen atoms in total. The Kier molecular flexibility index (Phi) is 8.12. The molecule has 0 aliphatic heterocycles. The first kappa shape index (κ1) is 16.8. The predicted molar refractivity (Wildman–Crippen MR) is 87.3 cm³/mol. The summed E-state index contributed by atoms with van der Waals surface area (Å²) in [6.45, 7) is 2.16. The largest absolute Gasteiger partial charge is 0.507 e. The minimum absolute atomic E-state index is 0.222. The molecule has 0 saturated heterocycles. The van der Waals surface area contributed by atoms with Crippen LogP contribution in [-0.4, -0.2) is 11.1 Å². The van der Waals surface area contributed by atoms with Crippen LogP contribution in [0.4, 0.5) is 0 Å². The minimum atomic E-state index is -0.344. The molecule has 1 aliphatic rings. The van der Waals surface area contributed by atoms with Gasteiger partial charge in [-0.25, -0.2) is 0 Å². The highest BCUT2D eigenvalue weighted by Gasteiger charge is 2.21. The number of aliphatic hydroxyl groups excluding tert-OH is 1. The Hall–Kier alpha value is -1.22. The molecule has 0 unspecified atom stereocenters. The average Bonchev–Trinajstić information content (AvgIpc) is 2.44. The van der Waals surface area contributed by atoms with Crippen LogP contribution >= 0.6 is 22.6 Å². The van der Waals surface area contributed by atoms with Crippen molar-refractivity contribution in [2.45, 2.75) is 39.0 Å². The van der Waals surface area contributed by atoms with Crippen molar-refractivity contribution in [1.82, 2.24) is 0 Å². The molecule has 0 fully saturated rings. The Labute approximate surface area is 133 Å². The normalized spacial score (nSPS) is 17.2. The summed E-state index contributed by atoms with van der Waals surface area (Å²) in [7, 11) is 0. The topological polar surface area (TPSA) is 46.5 Å². The second-order valence-corrected chi connectivity index (χ2v) is 5.65. The third-order valence-corrected chi connectivity index (χ3v) is 3.74. The zero-order chi connectivity index (χ0) is 14.8. The number of unbranched alkanes of at least 4 members (excludes halogenated alkanes) is 3. The lowest BCUT2D eigenvalue weighted by Crippen LogP contribution is -2.15. The van der Waals surface area contributed by atoms with E-state index in [4.69, 9.17) is 4.74 Å². The van der Waals surface area contributed by atoms with E-state index in [0.29, 0.717) is 10.0 Å². The van der Waals surface area contributed by atoms with Crippen molar-refractivity contribution in [3.05, 3.63) is 45.3 Å². The third-order valence-electron chi connectivity index (χ3n) is 2.83. The smallest absolute Gasteiger partial charge is 0.318 e. The van der Waals surface area contributed by atoms with Gasteiger partial charge in [-0.3, -0.25) is 4.79 Å². The van der Waals surface area contributed by atoms with Crippen molar-refractivity contribution >= 4 is 28.6 Å². The van der Waals surface area contributed by atoms with Gasteiger partial charge >= 0.3 is 5.97 Å². The maximum Gasteiger partial charge on any atom is 0.318 e. The SMILES string of the molecule is CCCCCC=C=C=COC(=O)[C@@H]1C=C(I)C(O)=CC1. The molecule has 0 aromatic rings. The van der Waals surface area contributed by atoms with Crippen LogP contribution in [0.5, 0.6) is 0 Å². The van der Waals surface area contributed by atoms with Gasteiger partial charge in [0.15, 0.2) is 0 Å². The van der Waals surface area contributed by atoms with E-state index in [1.165, 1.54) is 19.1 Å². The van der Waals surface area contributed by atoms with Crippen LogP contribution < -0.4 is 0 Å². The zero-order valence-electron chi connectivity index (χ0n) is 11.6. The predicted octanol–water partition coefficient (Wildman–Crippen LogP) is 4.71. The Morgan fingerprint density at radius 2 is 2.35 bits per heavy atom. The molecule has 20 heavy (non-hydrogen) atoms. The molecule has 0 saturated carbocycles. The van der Waals surface area contributed by atoms with Crippen LogP contribution in [0.2, 0.25) is 0 Å². The molecule has 0 aromatic heterocycles. The van der Waals surface area contributed by atoms with Crippen LogP contribution in [0.3, 0.4) is 0 Å². The lowest BCUT2D eigenvalue weighted by molar-refractivity contribution is -0.141. The number of rotatable bonds is 6. The molecule has 0 heterocycles. The summed E-state index contributed by atoms with van der Waals surface area (Å²) in [6.07, 6.45) is 11.4. The summed E-state index contributed by atoms with van der Waals surface area (Å²) in [4.78, 5) is 11.7. The van der Waals surface area contributed by atoms with Gasteiger partial charge in [-0.05, 0) is 59.7 Å². The lowest BCUT2D eigenvalue weighted by Gasteiger charge is -2.13. The van der Waals surface area contributed by atoms with E-state index >= 15 is 0 Å². The molecule has 1 atom stereocenters.